The summed E-state index contributed by atoms with van der Waals surface area (Å²) in [7, 11) is 0. The van der Waals surface area contributed by atoms with Crippen LogP contribution in [0.2, 0.25) is 0 Å². The second kappa shape index (κ2) is 11.1. The predicted octanol–water partition coefficient (Wildman–Crippen LogP) is -0.581. The van der Waals surface area contributed by atoms with Crippen LogP contribution in [0.4, 0.5) is 11.6 Å². The van der Waals surface area contributed by atoms with Gasteiger partial charge in [0.15, 0.2) is 35.4 Å². The van der Waals surface area contributed by atoms with Crippen LogP contribution in [0.3, 0.4) is 0 Å². The molecular formula is C20H24N10O10P2S2. The average Bonchev–Trinajstić information content (AvgIpc) is 3.73. The highest BCUT2D eigenvalue weighted by atomic mass is 32.7. The van der Waals surface area contributed by atoms with Gasteiger partial charge in [0.25, 0.3) is 0 Å². The number of anilines is 2. The van der Waals surface area contributed by atoms with E-state index in [0.717, 1.165) is 0 Å². The molecule has 4 aromatic rings. The second-order valence-electron chi connectivity index (χ2n) is 9.95. The molecule has 0 bridgehead atoms. The molecule has 20 nitrogen and oxygen atoms in total. The Kier molecular flexibility index (Phi) is 7.64. The van der Waals surface area contributed by atoms with Gasteiger partial charge in [-0.05, 0) is 11.8 Å². The molecule has 3 fully saturated rings. The van der Waals surface area contributed by atoms with Crippen molar-refractivity contribution >= 4 is 71.5 Å². The first kappa shape index (κ1) is 30.2. The standard InChI is InChI=1S/C20H24N10O10P2S2/c21-15-9-17(25-3-23-15)29(5-27-9)19-11(31)13-7(37-19)1-35-41(33,43)40-14-8(2-36-42(34,44)39-13)38-20(12(14)32)30-6-28-10-16(22)24-4-26-18(10)30/h3-8,11-14,19-20,31-32H,1-2H2,(H,33,43)(H,34,44)(H2,21,23,25)(H2,22,24,26)/t7-,8?,11-,12-,13-,14-,19-,20-,41?,42?/m0/s1. The summed E-state index contributed by atoms with van der Waals surface area (Å²) in [5.41, 5.74) is 12.8. The minimum atomic E-state index is -4.26. The number of ether oxygens (including phenoxy) is 2. The van der Waals surface area contributed by atoms with E-state index in [0.29, 0.717) is 0 Å². The first-order valence-corrected chi connectivity index (χ1v) is 18.1. The Balaban J connectivity index is 1.17. The first-order chi connectivity index (χ1) is 20.9. The SMILES string of the molecule is Nc1ncnc2c1ncn2[C@H]1O[C@H]2COP(=O)(S)O[C@H]3C(COP(O)(=S)O[C@@H]2[C@@H]1O)O[C@H](n1cnc2c(N)ncnc21)[C@H]3O. The number of hydrogen-bond donors (Lipinski definition) is 6. The lowest BCUT2D eigenvalue weighted by molar-refractivity contribution is -0.0577. The maximum absolute atomic E-state index is 13.4. The zero-order valence-corrected chi connectivity index (χ0v) is 25.5. The summed E-state index contributed by atoms with van der Waals surface area (Å²) in [6.45, 7) is -9.39. The summed E-state index contributed by atoms with van der Waals surface area (Å²) in [4.78, 5) is 35.4. The fourth-order valence-electron chi connectivity index (χ4n) is 5.24. The van der Waals surface area contributed by atoms with Crippen LogP contribution < -0.4 is 11.5 Å². The Morgan fingerprint density at radius 2 is 1.30 bits per heavy atom. The van der Waals surface area contributed by atoms with Gasteiger partial charge in [0.2, 0.25) is 0 Å². The minimum Gasteiger partial charge on any atom is -0.386 e. The molecule has 44 heavy (non-hydrogen) atoms. The van der Waals surface area contributed by atoms with Crippen molar-refractivity contribution in [2.24, 2.45) is 0 Å². The number of nitrogens with two attached hydrogens (primary N) is 2. The quantitative estimate of drug-likeness (QED) is 0.113. The second-order valence-corrected chi connectivity index (χ2v) is 15.6. The molecule has 0 aromatic carbocycles. The van der Waals surface area contributed by atoms with E-state index in [4.69, 9.17) is 50.8 Å². The van der Waals surface area contributed by atoms with Gasteiger partial charge in [0, 0.05) is 0 Å². The van der Waals surface area contributed by atoms with Gasteiger partial charge in [-0.15, -0.1) is 0 Å². The third kappa shape index (κ3) is 5.28. The number of aromatic nitrogens is 8. The third-order valence-electron chi connectivity index (χ3n) is 7.26. The van der Waals surface area contributed by atoms with Gasteiger partial charge in [0.05, 0.1) is 25.9 Å². The van der Waals surface area contributed by atoms with Crippen LogP contribution in [0.15, 0.2) is 25.3 Å². The number of nitrogens with zero attached hydrogens (tertiary/aromatic N) is 8. The van der Waals surface area contributed by atoms with Crippen LogP contribution in [0.1, 0.15) is 12.5 Å². The van der Waals surface area contributed by atoms with Gasteiger partial charge in [-0.3, -0.25) is 22.7 Å². The maximum atomic E-state index is 13.4. The molecule has 10 atom stereocenters. The highest BCUT2D eigenvalue weighted by Crippen LogP contribution is 2.58. The minimum absolute atomic E-state index is 0.106. The number of aliphatic hydroxyl groups excluding tert-OH is 2. The third-order valence-corrected chi connectivity index (χ3v) is 10.4. The Morgan fingerprint density at radius 1 is 0.818 bits per heavy atom. The first-order valence-electron chi connectivity index (χ1n) is 12.8. The number of imidazole rings is 2. The van der Waals surface area contributed by atoms with E-state index in [2.05, 4.69) is 42.2 Å². The summed E-state index contributed by atoms with van der Waals surface area (Å²) in [5, 5.41) is 22.5. The Labute approximate surface area is 256 Å². The molecule has 7 heterocycles. The Bertz CT molecular complexity index is 1700. The van der Waals surface area contributed by atoms with Gasteiger partial charge in [0.1, 0.15) is 60.3 Å². The predicted molar refractivity (Wildman–Crippen MR) is 154 cm³/mol. The van der Waals surface area contributed by atoms with Crippen molar-refractivity contribution in [1.82, 2.24) is 39.0 Å². The zero-order valence-electron chi connectivity index (χ0n) is 22.0. The van der Waals surface area contributed by atoms with Gasteiger partial charge in [-0.1, -0.05) is 12.2 Å². The van der Waals surface area contributed by atoms with Crippen molar-refractivity contribution in [1.29, 1.82) is 0 Å². The average molecular weight is 691 g/mol. The summed E-state index contributed by atoms with van der Waals surface area (Å²) >= 11 is 9.33. The Morgan fingerprint density at radius 3 is 1.82 bits per heavy atom. The molecule has 3 aliphatic heterocycles. The van der Waals surface area contributed by atoms with E-state index < -0.39 is 75.8 Å². The van der Waals surface area contributed by atoms with E-state index in [1.54, 1.807) is 0 Å². The number of rotatable bonds is 2. The molecule has 0 radical (unpaired) electrons. The lowest BCUT2D eigenvalue weighted by Crippen LogP contribution is -2.38. The van der Waals surface area contributed by atoms with E-state index in [1.807, 2.05) is 0 Å². The topological polar surface area (TPSA) is 272 Å². The monoisotopic (exact) mass is 690 g/mol. The van der Waals surface area contributed by atoms with E-state index in [-0.39, 0.29) is 34.0 Å². The summed E-state index contributed by atoms with van der Waals surface area (Å²) < 4.78 is 50.6. The molecule has 0 spiro atoms. The van der Waals surface area contributed by atoms with Gasteiger partial charge < -0.3 is 40.6 Å². The molecule has 3 aliphatic rings. The van der Waals surface area contributed by atoms with Crippen molar-refractivity contribution < 1.29 is 47.2 Å². The molecule has 0 aliphatic carbocycles. The summed E-state index contributed by atoms with van der Waals surface area (Å²) in [6.07, 6.45) is -5.32. The van der Waals surface area contributed by atoms with Crippen LogP contribution >= 0.6 is 25.8 Å². The van der Waals surface area contributed by atoms with Crippen LogP contribution in [0.25, 0.3) is 22.3 Å². The fraction of sp³-hybridized carbons (Fsp3) is 0.500. The maximum Gasteiger partial charge on any atom is 0.386 e. The smallest absolute Gasteiger partial charge is 0.386 e. The van der Waals surface area contributed by atoms with Crippen molar-refractivity contribution in [2.45, 2.75) is 49.1 Å². The largest absolute Gasteiger partial charge is 0.386 e. The van der Waals surface area contributed by atoms with Gasteiger partial charge >= 0.3 is 13.5 Å². The number of thiol groups is 1. The molecular weight excluding hydrogens is 666 g/mol. The van der Waals surface area contributed by atoms with Crippen molar-refractivity contribution in [2.75, 3.05) is 24.7 Å². The zero-order chi connectivity index (χ0) is 31.0. The Hall–Kier alpha value is -2.43. The number of nitrogen functional groups attached to an aromatic ring is 2. The van der Waals surface area contributed by atoms with Crippen LogP contribution in [0, 0.1) is 0 Å². The van der Waals surface area contributed by atoms with Crippen LogP contribution in [-0.4, -0.2) is 104 Å². The van der Waals surface area contributed by atoms with Crippen molar-refractivity contribution in [3.05, 3.63) is 25.3 Å². The van der Waals surface area contributed by atoms with Crippen LogP contribution in [-0.2, 0) is 43.9 Å². The lowest BCUT2D eigenvalue weighted by atomic mass is 10.1. The number of aliphatic hydroxyl groups is 2. The summed E-state index contributed by atoms with van der Waals surface area (Å²) in [5.74, 6) is 0.213. The highest BCUT2D eigenvalue weighted by Gasteiger charge is 2.53. The normalized spacial score (nSPS) is 38.3. The van der Waals surface area contributed by atoms with Crippen molar-refractivity contribution in [3.8, 4) is 0 Å². The molecule has 3 saturated heterocycles. The molecule has 0 amide bonds. The van der Waals surface area contributed by atoms with E-state index >= 15 is 0 Å². The molecule has 24 heteroatoms. The van der Waals surface area contributed by atoms with Crippen LogP contribution in [0.5, 0.6) is 0 Å². The van der Waals surface area contributed by atoms with Crippen molar-refractivity contribution in [3.63, 3.8) is 0 Å². The highest BCUT2D eigenvalue weighted by molar-refractivity contribution is 8.44. The van der Waals surface area contributed by atoms with E-state index in [1.165, 1.54) is 34.4 Å². The summed E-state index contributed by atoms with van der Waals surface area (Å²) in [6, 6.07) is 0. The van der Waals surface area contributed by atoms with Gasteiger partial charge in [-0.2, -0.15) is 0 Å². The molecule has 0 saturated carbocycles. The van der Waals surface area contributed by atoms with E-state index in [9.17, 15) is 19.7 Å². The van der Waals surface area contributed by atoms with Gasteiger partial charge in [-0.25, -0.2) is 34.5 Å². The number of fused-ring (bicyclic) bond motifs is 4. The molecule has 236 valence electrons. The fourth-order valence-corrected chi connectivity index (χ4v) is 8.18. The molecule has 4 aromatic heterocycles. The molecule has 7 N–H and O–H groups in total. The number of hydrogen-bond acceptors (Lipinski definition) is 18. The molecule has 7 rings (SSSR count). The lowest BCUT2D eigenvalue weighted by Gasteiger charge is -2.29. The molecule has 3 unspecified atom stereocenters.